The predicted molar refractivity (Wildman–Crippen MR) is 70.8 cm³/mol. The van der Waals surface area contributed by atoms with Gasteiger partial charge in [0.2, 0.25) is 0 Å². The van der Waals surface area contributed by atoms with Gasteiger partial charge in [-0.25, -0.2) is 0 Å². The van der Waals surface area contributed by atoms with E-state index in [9.17, 15) is 4.79 Å². The molecule has 0 N–H and O–H groups in total. The highest BCUT2D eigenvalue weighted by Gasteiger charge is 2.15. The van der Waals surface area contributed by atoms with Crippen molar-refractivity contribution in [1.29, 1.82) is 0 Å². The van der Waals surface area contributed by atoms with Crippen LogP contribution in [0.25, 0.3) is 10.1 Å². The van der Waals surface area contributed by atoms with Crippen LogP contribution < -0.4 is 0 Å². The Hall–Kier alpha value is -0.860. The zero-order valence-corrected chi connectivity index (χ0v) is 10.7. The molecule has 0 aliphatic rings. The first kappa shape index (κ1) is 11.6. The second-order valence-electron chi connectivity index (χ2n) is 3.75. The largest absolute Gasteiger partial charge is 0.294 e. The van der Waals surface area contributed by atoms with Gasteiger partial charge in [-0.1, -0.05) is 18.2 Å². The Labute approximate surface area is 104 Å². The van der Waals surface area contributed by atoms with Gasteiger partial charge in [0.15, 0.2) is 5.78 Å². The quantitative estimate of drug-likeness (QED) is 0.582. The molecule has 0 bridgehead atoms. The Morgan fingerprint density at radius 1 is 1.38 bits per heavy atom. The number of Topliss-reactive ketones (excluding diaryl/α,β-unsaturated/α-hetero) is 1. The molecule has 1 aromatic carbocycles. The van der Waals surface area contributed by atoms with Crippen LogP contribution in [0, 0.1) is 6.92 Å². The Morgan fingerprint density at radius 2 is 2.12 bits per heavy atom. The number of fused-ring (bicyclic) bond motifs is 1. The van der Waals surface area contributed by atoms with Crippen molar-refractivity contribution in [3.63, 3.8) is 0 Å². The van der Waals surface area contributed by atoms with Gasteiger partial charge in [0, 0.05) is 32.8 Å². The van der Waals surface area contributed by atoms with Crippen molar-refractivity contribution < 1.29 is 4.79 Å². The second kappa shape index (κ2) is 4.98. The first-order valence-corrected chi connectivity index (χ1v) is 6.66. The van der Waals surface area contributed by atoms with E-state index in [0.29, 0.717) is 12.3 Å². The summed E-state index contributed by atoms with van der Waals surface area (Å²) in [5.74, 6) is 0.767. The zero-order chi connectivity index (χ0) is 11.5. The zero-order valence-electron chi connectivity index (χ0n) is 9.13. The molecule has 0 saturated carbocycles. The number of benzene rings is 1. The molecule has 0 spiro atoms. The maximum absolute atomic E-state index is 12.0. The van der Waals surface area contributed by atoms with Gasteiger partial charge < -0.3 is 0 Å². The van der Waals surface area contributed by atoms with Crippen LogP contribution in [0.1, 0.15) is 28.1 Å². The highest BCUT2D eigenvalue weighted by molar-refractivity contribution is 7.19. The van der Waals surface area contributed by atoms with Gasteiger partial charge in [-0.05, 0) is 19.4 Å². The number of carbonyl (C=O) groups excluding carboxylic acids is 1. The Balaban J connectivity index is 2.43. The summed E-state index contributed by atoms with van der Waals surface area (Å²) in [7, 11) is 0. The molecule has 0 saturated heterocycles. The summed E-state index contributed by atoms with van der Waals surface area (Å²) in [5.41, 5.74) is 0.894. The highest BCUT2D eigenvalue weighted by atomic mass is 35.5. The summed E-state index contributed by atoms with van der Waals surface area (Å²) < 4.78 is 1.19. The lowest BCUT2D eigenvalue weighted by Gasteiger charge is -1.99. The number of carbonyl (C=O) groups is 1. The Kier molecular flexibility index (Phi) is 3.62. The third-order valence-corrected chi connectivity index (χ3v) is 3.94. The van der Waals surface area contributed by atoms with Crippen molar-refractivity contribution in [1.82, 2.24) is 0 Å². The average molecular weight is 253 g/mol. The summed E-state index contributed by atoms with van der Waals surface area (Å²) in [6.07, 6.45) is 1.30. The lowest BCUT2D eigenvalue weighted by molar-refractivity contribution is 0.0983. The molecule has 2 rings (SSSR count). The summed E-state index contributed by atoms with van der Waals surface area (Å²) >= 11 is 7.30. The number of alkyl halides is 1. The molecule has 0 unspecified atom stereocenters. The second-order valence-corrected chi connectivity index (χ2v) is 5.38. The summed E-state index contributed by atoms with van der Waals surface area (Å²) in [4.78, 5) is 13.2. The first-order chi connectivity index (χ1) is 7.74. The summed E-state index contributed by atoms with van der Waals surface area (Å²) in [6, 6.07) is 8.07. The van der Waals surface area contributed by atoms with Crippen molar-refractivity contribution in [3.8, 4) is 0 Å². The van der Waals surface area contributed by atoms with Crippen LogP contribution in [0.5, 0.6) is 0 Å². The van der Waals surface area contributed by atoms with E-state index < -0.39 is 0 Å². The predicted octanol–water partition coefficient (Wildman–Crippen LogP) is 4.41. The standard InChI is InChI=1S/C13H13ClOS/c1-9-13(11(15)6-4-8-14)10-5-2-3-7-12(10)16-9/h2-3,5,7H,4,6,8H2,1H3. The SMILES string of the molecule is Cc1sc2ccccc2c1C(=O)CCCCl. The van der Waals surface area contributed by atoms with Gasteiger partial charge in [-0.2, -0.15) is 0 Å². The van der Waals surface area contributed by atoms with Gasteiger partial charge in [-0.3, -0.25) is 4.79 Å². The molecule has 3 heteroatoms. The molecule has 84 valence electrons. The van der Waals surface area contributed by atoms with E-state index in [1.807, 2.05) is 25.1 Å². The highest BCUT2D eigenvalue weighted by Crippen LogP contribution is 2.31. The molecule has 0 radical (unpaired) electrons. The third kappa shape index (κ3) is 2.13. The molecule has 1 aromatic heterocycles. The number of hydrogen-bond acceptors (Lipinski definition) is 2. The normalized spacial score (nSPS) is 10.9. The number of rotatable bonds is 4. The minimum atomic E-state index is 0.218. The number of ketones is 1. The van der Waals surface area contributed by atoms with E-state index in [0.717, 1.165) is 22.2 Å². The fourth-order valence-corrected chi connectivity index (χ4v) is 3.08. The van der Waals surface area contributed by atoms with Crippen LogP contribution in [0.2, 0.25) is 0 Å². The first-order valence-electron chi connectivity index (χ1n) is 5.31. The van der Waals surface area contributed by atoms with Gasteiger partial charge in [0.25, 0.3) is 0 Å². The molecule has 0 aliphatic carbocycles. The van der Waals surface area contributed by atoms with Crippen molar-refractivity contribution in [3.05, 3.63) is 34.7 Å². The molecule has 16 heavy (non-hydrogen) atoms. The molecular weight excluding hydrogens is 240 g/mol. The van der Waals surface area contributed by atoms with E-state index in [2.05, 4.69) is 6.07 Å². The van der Waals surface area contributed by atoms with Gasteiger partial charge >= 0.3 is 0 Å². The maximum atomic E-state index is 12.0. The molecule has 0 fully saturated rings. The molecular formula is C13H13ClOS. The fourth-order valence-electron chi connectivity index (χ4n) is 1.87. The van der Waals surface area contributed by atoms with Gasteiger partial charge in [0.1, 0.15) is 0 Å². The van der Waals surface area contributed by atoms with E-state index in [1.54, 1.807) is 11.3 Å². The third-order valence-electron chi connectivity index (χ3n) is 2.59. The minimum absolute atomic E-state index is 0.218. The summed E-state index contributed by atoms with van der Waals surface area (Å²) in [6.45, 7) is 2.01. The molecule has 0 atom stereocenters. The van der Waals surface area contributed by atoms with Gasteiger partial charge in [-0.15, -0.1) is 22.9 Å². The van der Waals surface area contributed by atoms with Crippen LogP contribution in [0.4, 0.5) is 0 Å². The maximum Gasteiger partial charge on any atom is 0.164 e. The van der Waals surface area contributed by atoms with Crippen molar-refractivity contribution in [2.24, 2.45) is 0 Å². The molecule has 0 amide bonds. The molecule has 0 aliphatic heterocycles. The molecule has 1 nitrogen and oxygen atoms in total. The number of hydrogen-bond donors (Lipinski definition) is 0. The van der Waals surface area contributed by atoms with Gasteiger partial charge in [0.05, 0.1) is 0 Å². The average Bonchev–Trinajstić information content (AvgIpc) is 2.62. The number of thiophene rings is 1. The lowest BCUT2D eigenvalue weighted by Crippen LogP contribution is -1.99. The van der Waals surface area contributed by atoms with E-state index in [-0.39, 0.29) is 5.78 Å². The smallest absolute Gasteiger partial charge is 0.164 e. The number of aryl methyl sites for hydroxylation is 1. The Bertz CT molecular complexity index is 516. The monoisotopic (exact) mass is 252 g/mol. The lowest BCUT2D eigenvalue weighted by atomic mass is 10.0. The van der Waals surface area contributed by atoms with E-state index in [1.165, 1.54) is 4.70 Å². The van der Waals surface area contributed by atoms with Crippen LogP contribution >= 0.6 is 22.9 Å². The molecule has 2 aromatic rings. The number of halogens is 1. The summed E-state index contributed by atoms with van der Waals surface area (Å²) in [5, 5.41) is 1.09. The van der Waals surface area contributed by atoms with Crippen molar-refractivity contribution >= 4 is 38.8 Å². The van der Waals surface area contributed by atoms with Crippen LogP contribution in [0.3, 0.4) is 0 Å². The van der Waals surface area contributed by atoms with Crippen LogP contribution in [0.15, 0.2) is 24.3 Å². The topological polar surface area (TPSA) is 17.1 Å². The van der Waals surface area contributed by atoms with Crippen LogP contribution in [-0.2, 0) is 0 Å². The Morgan fingerprint density at radius 3 is 2.88 bits per heavy atom. The van der Waals surface area contributed by atoms with E-state index >= 15 is 0 Å². The van der Waals surface area contributed by atoms with Crippen LogP contribution in [-0.4, -0.2) is 11.7 Å². The fraction of sp³-hybridized carbons (Fsp3) is 0.308. The molecule has 1 heterocycles. The van der Waals surface area contributed by atoms with E-state index in [4.69, 9.17) is 11.6 Å². The van der Waals surface area contributed by atoms with Crippen molar-refractivity contribution in [2.45, 2.75) is 19.8 Å². The minimum Gasteiger partial charge on any atom is -0.294 e. The van der Waals surface area contributed by atoms with Crippen molar-refractivity contribution in [2.75, 3.05) is 5.88 Å².